The fraction of sp³-hybridized carbons (Fsp3) is 0.0909. The van der Waals surface area contributed by atoms with Gasteiger partial charge >= 0.3 is 0 Å². The van der Waals surface area contributed by atoms with Gasteiger partial charge in [0.25, 0.3) is 0 Å². The zero-order chi connectivity index (χ0) is 17.5. The minimum absolute atomic E-state index is 0.345. The van der Waals surface area contributed by atoms with Crippen LogP contribution in [0.15, 0.2) is 104 Å². The van der Waals surface area contributed by atoms with E-state index < -0.39 is 6.10 Å². The molecule has 0 aromatic heterocycles. The smallest absolute Gasteiger partial charge is 0.0996 e. The quantitative estimate of drug-likeness (QED) is 0.490. The van der Waals surface area contributed by atoms with Crippen LogP contribution in [0.5, 0.6) is 0 Å². The first kappa shape index (κ1) is 17.0. The van der Waals surface area contributed by atoms with Crippen LogP contribution in [0.2, 0.25) is 0 Å². The van der Waals surface area contributed by atoms with Crippen LogP contribution in [0, 0.1) is 0 Å². The summed E-state index contributed by atoms with van der Waals surface area (Å²) in [6.07, 6.45) is 1.03. The Bertz CT molecular complexity index is 735. The van der Waals surface area contributed by atoms with E-state index in [1.165, 1.54) is 0 Å². The summed E-state index contributed by atoms with van der Waals surface area (Å²) in [5, 5.41) is 12.7. The van der Waals surface area contributed by atoms with Crippen molar-refractivity contribution in [3.05, 3.63) is 109 Å². The predicted octanol–water partition coefficient (Wildman–Crippen LogP) is 4.62. The number of nitrogens with one attached hydrogen (secondary N) is 1. The van der Waals surface area contributed by atoms with Crippen molar-refractivity contribution in [1.82, 2.24) is 5.43 Å². The summed E-state index contributed by atoms with van der Waals surface area (Å²) in [5.74, 6) is 0. The summed E-state index contributed by atoms with van der Waals surface area (Å²) in [5.41, 5.74) is 6.22. The second kappa shape index (κ2) is 8.29. The third kappa shape index (κ3) is 4.15. The lowest BCUT2D eigenvalue weighted by Gasteiger charge is -2.32. The Hall–Kier alpha value is -2.88. The molecule has 3 aromatic carbocycles. The average molecular weight is 330 g/mol. The van der Waals surface area contributed by atoms with Crippen molar-refractivity contribution in [2.45, 2.75) is 12.1 Å². The molecule has 3 heteroatoms. The standard InChI is InChI=1S/C22H22N2O/c1-2-21(22(25)18-12-6-3-7-13-18)23-24(19-14-8-4-9-15-19)20-16-10-5-11-17-20/h2-17,21-23,25H,1H2/t21-,22+/m0/s1. The molecular weight excluding hydrogens is 308 g/mol. The summed E-state index contributed by atoms with van der Waals surface area (Å²) in [4.78, 5) is 0. The van der Waals surface area contributed by atoms with Gasteiger partial charge in [0.15, 0.2) is 0 Å². The largest absolute Gasteiger partial charge is 0.386 e. The summed E-state index contributed by atoms with van der Waals surface area (Å²) in [6.45, 7) is 3.90. The first-order chi connectivity index (χ1) is 12.3. The van der Waals surface area contributed by atoms with Gasteiger partial charge in [0.1, 0.15) is 0 Å². The Morgan fingerprint density at radius 2 is 1.20 bits per heavy atom. The summed E-state index contributed by atoms with van der Waals surface area (Å²) in [6, 6.07) is 29.3. The molecule has 126 valence electrons. The predicted molar refractivity (Wildman–Crippen MR) is 104 cm³/mol. The Morgan fingerprint density at radius 1 is 0.760 bits per heavy atom. The number of hydrogen-bond acceptors (Lipinski definition) is 3. The van der Waals surface area contributed by atoms with E-state index in [0.29, 0.717) is 0 Å². The first-order valence-corrected chi connectivity index (χ1v) is 8.31. The van der Waals surface area contributed by atoms with Gasteiger partial charge in [0.2, 0.25) is 0 Å². The van der Waals surface area contributed by atoms with Crippen LogP contribution >= 0.6 is 0 Å². The van der Waals surface area contributed by atoms with Crippen LogP contribution in [0.1, 0.15) is 11.7 Å². The molecule has 0 aliphatic heterocycles. The molecule has 0 fully saturated rings. The number of hydrazine groups is 1. The van der Waals surface area contributed by atoms with Gasteiger partial charge in [-0.25, -0.2) is 5.43 Å². The molecule has 0 radical (unpaired) electrons. The Balaban J connectivity index is 1.90. The molecule has 25 heavy (non-hydrogen) atoms. The maximum atomic E-state index is 10.8. The second-order valence-electron chi connectivity index (χ2n) is 5.75. The van der Waals surface area contributed by atoms with Crippen LogP contribution in [0.3, 0.4) is 0 Å². The molecule has 0 spiro atoms. The van der Waals surface area contributed by atoms with E-state index in [2.05, 4.69) is 12.0 Å². The lowest BCUT2D eigenvalue weighted by Crippen LogP contribution is -2.44. The molecule has 3 rings (SSSR count). The second-order valence-corrected chi connectivity index (χ2v) is 5.75. The summed E-state index contributed by atoms with van der Waals surface area (Å²) < 4.78 is 0. The Labute approximate surface area is 148 Å². The highest BCUT2D eigenvalue weighted by Gasteiger charge is 2.21. The van der Waals surface area contributed by atoms with Crippen molar-refractivity contribution in [3.8, 4) is 0 Å². The highest BCUT2D eigenvalue weighted by atomic mass is 16.3. The number of benzene rings is 3. The zero-order valence-electron chi connectivity index (χ0n) is 14.0. The van der Waals surface area contributed by atoms with Crippen molar-refractivity contribution in [2.24, 2.45) is 0 Å². The van der Waals surface area contributed by atoms with Gasteiger partial charge in [-0.2, -0.15) is 0 Å². The van der Waals surface area contributed by atoms with Crippen molar-refractivity contribution in [2.75, 3.05) is 5.01 Å². The van der Waals surface area contributed by atoms with Crippen LogP contribution in [-0.2, 0) is 0 Å². The van der Waals surface area contributed by atoms with Crippen LogP contribution in [0.4, 0.5) is 11.4 Å². The zero-order valence-corrected chi connectivity index (χ0v) is 14.0. The topological polar surface area (TPSA) is 35.5 Å². The molecule has 0 unspecified atom stereocenters. The summed E-state index contributed by atoms with van der Waals surface area (Å²) in [7, 11) is 0. The van der Waals surface area contributed by atoms with E-state index in [-0.39, 0.29) is 6.04 Å². The molecule has 0 aliphatic carbocycles. The van der Waals surface area contributed by atoms with Gasteiger partial charge < -0.3 is 5.11 Å². The molecule has 0 saturated carbocycles. The van der Waals surface area contributed by atoms with Gasteiger partial charge in [-0.3, -0.25) is 5.01 Å². The molecule has 0 amide bonds. The lowest BCUT2D eigenvalue weighted by atomic mass is 10.0. The van der Waals surface area contributed by atoms with Crippen LogP contribution in [0.25, 0.3) is 0 Å². The molecule has 2 N–H and O–H groups in total. The Kier molecular flexibility index (Phi) is 5.62. The highest BCUT2D eigenvalue weighted by Crippen LogP contribution is 2.25. The van der Waals surface area contributed by atoms with Crippen molar-refractivity contribution in [3.63, 3.8) is 0 Å². The monoisotopic (exact) mass is 330 g/mol. The molecule has 0 saturated heterocycles. The summed E-state index contributed by atoms with van der Waals surface area (Å²) >= 11 is 0. The van der Waals surface area contributed by atoms with Gasteiger partial charge in [0, 0.05) is 0 Å². The van der Waals surface area contributed by atoms with Gasteiger partial charge in [-0.1, -0.05) is 72.8 Å². The third-order valence-corrected chi connectivity index (χ3v) is 4.04. The molecule has 2 atom stereocenters. The number of para-hydroxylation sites is 2. The minimum atomic E-state index is -0.700. The number of aliphatic hydroxyl groups excluding tert-OH is 1. The lowest BCUT2D eigenvalue weighted by molar-refractivity contribution is 0.148. The fourth-order valence-corrected chi connectivity index (χ4v) is 2.71. The van der Waals surface area contributed by atoms with Crippen LogP contribution in [-0.4, -0.2) is 11.1 Å². The first-order valence-electron chi connectivity index (χ1n) is 8.31. The van der Waals surface area contributed by atoms with Gasteiger partial charge in [-0.15, -0.1) is 6.58 Å². The van der Waals surface area contributed by atoms with Gasteiger partial charge in [0.05, 0.1) is 23.5 Å². The van der Waals surface area contributed by atoms with E-state index in [1.807, 2.05) is 96.0 Å². The molecule has 0 heterocycles. The molecule has 3 aromatic rings. The number of anilines is 2. The van der Waals surface area contributed by atoms with Gasteiger partial charge in [-0.05, 0) is 29.8 Å². The van der Waals surface area contributed by atoms with E-state index in [4.69, 9.17) is 0 Å². The maximum Gasteiger partial charge on any atom is 0.0996 e. The third-order valence-electron chi connectivity index (χ3n) is 4.04. The maximum absolute atomic E-state index is 10.8. The number of aliphatic hydroxyl groups is 1. The number of nitrogens with zero attached hydrogens (tertiary/aromatic N) is 1. The van der Waals surface area contributed by atoms with Crippen molar-refractivity contribution in [1.29, 1.82) is 0 Å². The SMILES string of the molecule is C=C[C@H](NN(c1ccccc1)c1ccccc1)[C@H](O)c1ccccc1. The van der Waals surface area contributed by atoms with Crippen LogP contribution < -0.4 is 10.4 Å². The number of rotatable bonds is 7. The van der Waals surface area contributed by atoms with E-state index in [0.717, 1.165) is 16.9 Å². The molecule has 0 bridgehead atoms. The van der Waals surface area contributed by atoms with Crippen molar-refractivity contribution >= 4 is 11.4 Å². The average Bonchev–Trinajstić information content (AvgIpc) is 2.70. The molecule has 0 aliphatic rings. The highest BCUT2D eigenvalue weighted by molar-refractivity contribution is 5.61. The normalized spacial score (nSPS) is 13.0. The van der Waals surface area contributed by atoms with E-state index in [1.54, 1.807) is 6.08 Å². The number of hydrogen-bond donors (Lipinski definition) is 2. The molecular formula is C22H22N2O. The minimum Gasteiger partial charge on any atom is -0.386 e. The van der Waals surface area contributed by atoms with Crippen molar-refractivity contribution < 1.29 is 5.11 Å². The molecule has 3 nitrogen and oxygen atoms in total. The fourth-order valence-electron chi connectivity index (χ4n) is 2.71. The Morgan fingerprint density at radius 3 is 1.64 bits per heavy atom. The van der Waals surface area contributed by atoms with E-state index >= 15 is 0 Å². The van der Waals surface area contributed by atoms with E-state index in [9.17, 15) is 5.11 Å².